The molecule has 35 heavy (non-hydrogen) atoms. The van der Waals surface area contributed by atoms with Gasteiger partial charge in [-0.05, 0) is 68.6 Å². The number of likely N-dealkylation sites (tertiary alicyclic amines) is 1. The Morgan fingerprint density at radius 1 is 1.11 bits per heavy atom. The van der Waals surface area contributed by atoms with E-state index in [2.05, 4.69) is 15.5 Å². The number of unbranched alkanes of at least 4 members (excludes halogenated alkanes) is 1. The summed E-state index contributed by atoms with van der Waals surface area (Å²) in [5.74, 6) is 0.722. The predicted octanol–water partition coefficient (Wildman–Crippen LogP) is 5.55. The molecule has 0 spiro atoms. The lowest BCUT2D eigenvalue weighted by atomic mass is 10.0. The molecule has 1 aromatic heterocycles. The minimum atomic E-state index is -4.33. The number of halogens is 3. The van der Waals surface area contributed by atoms with Gasteiger partial charge in [-0.15, -0.1) is 0 Å². The topological polar surface area (TPSA) is 66.7 Å². The number of amides is 1. The molecule has 0 unspecified atom stereocenters. The maximum Gasteiger partial charge on any atom is 0.416 e. The number of hydrogen-bond acceptors (Lipinski definition) is 5. The summed E-state index contributed by atoms with van der Waals surface area (Å²) in [5, 5.41) is 7.00. The summed E-state index contributed by atoms with van der Waals surface area (Å²) in [6, 6.07) is 12.7. The Balaban J connectivity index is 1.13. The van der Waals surface area contributed by atoms with Crippen molar-refractivity contribution in [3.8, 4) is 5.75 Å². The van der Waals surface area contributed by atoms with Gasteiger partial charge in [-0.3, -0.25) is 4.79 Å². The molecule has 2 heterocycles. The Kier molecular flexibility index (Phi) is 7.85. The molecule has 1 amide bonds. The molecule has 0 saturated carbocycles. The SMILES string of the molecule is COc1ccc2cc(C(=O)NCCCCN3CCC(Nc4cccc(C(F)(F)F)c4)CC3)oc2c1. The number of rotatable bonds is 9. The summed E-state index contributed by atoms with van der Waals surface area (Å²) in [4.78, 5) is 14.7. The van der Waals surface area contributed by atoms with E-state index in [1.807, 2.05) is 12.1 Å². The van der Waals surface area contributed by atoms with Gasteiger partial charge in [0.1, 0.15) is 11.3 Å². The van der Waals surface area contributed by atoms with Crippen LogP contribution in [0.4, 0.5) is 18.9 Å². The summed E-state index contributed by atoms with van der Waals surface area (Å²) in [6.45, 7) is 3.28. The molecule has 1 fully saturated rings. The van der Waals surface area contributed by atoms with E-state index in [1.54, 1.807) is 25.3 Å². The van der Waals surface area contributed by atoms with Gasteiger partial charge >= 0.3 is 6.18 Å². The summed E-state index contributed by atoms with van der Waals surface area (Å²) >= 11 is 0. The number of nitrogens with one attached hydrogen (secondary N) is 2. The van der Waals surface area contributed by atoms with Crippen molar-refractivity contribution in [3.05, 3.63) is 59.9 Å². The van der Waals surface area contributed by atoms with Crippen molar-refractivity contribution >= 4 is 22.6 Å². The third-order valence-electron chi connectivity index (χ3n) is 6.29. The number of furan rings is 1. The van der Waals surface area contributed by atoms with E-state index in [4.69, 9.17) is 9.15 Å². The van der Waals surface area contributed by atoms with Crippen LogP contribution in [-0.2, 0) is 6.18 Å². The van der Waals surface area contributed by atoms with Gasteiger partial charge in [0.15, 0.2) is 5.76 Å². The molecule has 0 bridgehead atoms. The second-order valence-electron chi connectivity index (χ2n) is 8.82. The average molecular weight is 490 g/mol. The second kappa shape index (κ2) is 11.0. The lowest BCUT2D eigenvalue weighted by molar-refractivity contribution is -0.137. The first-order valence-electron chi connectivity index (χ1n) is 11.8. The predicted molar refractivity (Wildman–Crippen MR) is 129 cm³/mol. The Morgan fingerprint density at radius 3 is 2.66 bits per heavy atom. The smallest absolute Gasteiger partial charge is 0.416 e. The Bertz CT molecular complexity index is 1140. The summed E-state index contributed by atoms with van der Waals surface area (Å²) in [7, 11) is 1.58. The van der Waals surface area contributed by atoms with Crippen molar-refractivity contribution < 1.29 is 27.1 Å². The normalized spacial score (nSPS) is 15.3. The van der Waals surface area contributed by atoms with E-state index in [0.29, 0.717) is 23.6 Å². The highest BCUT2D eigenvalue weighted by molar-refractivity contribution is 5.96. The lowest BCUT2D eigenvalue weighted by Crippen LogP contribution is -2.39. The van der Waals surface area contributed by atoms with Crippen LogP contribution in [0.3, 0.4) is 0 Å². The number of nitrogens with zero attached hydrogens (tertiary/aromatic N) is 1. The Morgan fingerprint density at radius 2 is 1.91 bits per heavy atom. The first-order valence-corrected chi connectivity index (χ1v) is 11.8. The van der Waals surface area contributed by atoms with Gasteiger partial charge in [-0.1, -0.05) is 6.07 Å². The molecule has 0 aliphatic carbocycles. The fourth-order valence-electron chi connectivity index (χ4n) is 4.32. The fourth-order valence-corrected chi connectivity index (χ4v) is 4.32. The van der Waals surface area contributed by atoms with Crippen LogP contribution in [0.25, 0.3) is 11.0 Å². The maximum absolute atomic E-state index is 12.9. The van der Waals surface area contributed by atoms with E-state index < -0.39 is 11.7 Å². The second-order valence-corrected chi connectivity index (χ2v) is 8.82. The van der Waals surface area contributed by atoms with Gasteiger partial charge < -0.3 is 24.7 Å². The number of carbonyl (C=O) groups is 1. The van der Waals surface area contributed by atoms with Crippen LogP contribution < -0.4 is 15.4 Å². The third kappa shape index (κ3) is 6.69. The number of anilines is 1. The summed E-state index contributed by atoms with van der Waals surface area (Å²) < 4.78 is 49.5. The number of methoxy groups -OCH3 is 1. The molecular weight excluding hydrogens is 459 g/mol. The molecule has 6 nitrogen and oxygen atoms in total. The average Bonchev–Trinajstić information content (AvgIpc) is 3.28. The van der Waals surface area contributed by atoms with E-state index in [0.717, 1.165) is 56.8 Å². The van der Waals surface area contributed by atoms with Crippen LogP contribution in [0.15, 0.2) is 52.9 Å². The largest absolute Gasteiger partial charge is 0.497 e. The van der Waals surface area contributed by atoms with Crippen molar-refractivity contribution in [1.82, 2.24) is 10.2 Å². The van der Waals surface area contributed by atoms with E-state index in [-0.39, 0.29) is 17.7 Å². The van der Waals surface area contributed by atoms with Crippen LogP contribution in [0.2, 0.25) is 0 Å². The minimum Gasteiger partial charge on any atom is -0.497 e. The van der Waals surface area contributed by atoms with Gasteiger partial charge in [0.25, 0.3) is 5.91 Å². The van der Waals surface area contributed by atoms with Crippen molar-refractivity contribution in [2.24, 2.45) is 0 Å². The third-order valence-corrected chi connectivity index (χ3v) is 6.29. The number of fused-ring (bicyclic) bond motifs is 1. The lowest BCUT2D eigenvalue weighted by Gasteiger charge is -2.33. The first-order chi connectivity index (χ1) is 16.8. The molecule has 188 valence electrons. The van der Waals surface area contributed by atoms with E-state index in [1.165, 1.54) is 12.1 Å². The van der Waals surface area contributed by atoms with Crippen LogP contribution in [0, 0.1) is 0 Å². The Hall–Kier alpha value is -3.20. The Labute approximate surface area is 202 Å². The van der Waals surface area contributed by atoms with E-state index in [9.17, 15) is 18.0 Å². The highest BCUT2D eigenvalue weighted by atomic mass is 19.4. The fraction of sp³-hybridized carbons (Fsp3) is 0.423. The number of ether oxygens (including phenoxy) is 1. The van der Waals surface area contributed by atoms with Gasteiger partial charge in [-0.25, -0.2) is 0 Å². The standard InChI is InChI=1S/C26H30F3N3O3/c1-34-22-8-7-18-15-24(35-23(18)17-22)25(33)30-11-2-3-12-32-13-9-20(10-14-32)31-21-6-4-5-19(16-21)26(27,28)29/h4-8,15-17,20,31H,2-3,9-14H2,1H3,(H,30,33). The molecule has 4 rings (SSSR count). The molecule has 2 aromatic carbocycles. The highest BCUT2D eigenvalue weighted by Gasteiger charge is 2.30. The van der Waals surface area contributed by atoms with Crippen LogP contribution in [0.1, 0.15) is 41.8 Å². The quantitative estimate of drug-likeness (QED) is 0.386. The molecule has 1 saturated heterocycles. The zero-order chi connectivity index (χ0) is 24.8. The summed E-state index contributed by atoms with van der Waals surface area (Å²) in [6.07, 6.45) is -0.778. The van der Waals surface area contributed by atoms with Crippen molar-refractivity contribution in [3.63, 3.8) is 0 Å². The molecule has 9 heteroatoms. The number of benzene rings is 2. The van der Waals surface area contributed by atoms with Crippen molar-refractivity contribution in [1.29, 1.82) is 0 Å². The zero-order valence-electron chi connectivity index (χ0n) is 19.7. The van der Waals surface area contributed by atoms with Gasteiger partial charge in [0.05, 0.1) is 12.7 Å². The molecular formula is C26H30F3N3O3. The van der Waals surface area contributed by atoms with Crippen LogP contribution in [0.5, 0.6) is 5.75 Å². The molecule has 0 atom stereocenters. The molecule has 1 aliphatic rings. The highest BCUT2D eigenvalue weighted by Crippen LogP contribution is 2.31. The van der Waals surface area contributed by atoms with Crippen molar-refractivity contribution in [2.45, 2.75) is 37.9 Å². The first kappa shape index (κ1) is 24.9. The maximum atomic E-state index is 12.9. The van der Waals surface area contributed by atoms with Crippen molar-refractivity contribution in [2.75, 3.05) is 38.6 Å². The monoisotopic (exact) mass is 489 g/mol. The van der Waals surface area contributed by atoms with Crippen LogP contribution in [-0.4, -0.2) is 50.1 Å². The zero-order valence-corrected chi connectivity index (χ0v) is 19.7. The molecule has 3 aromatic rings. The number of carbonyl (C=O) groups excluding carboxylic acids is 1. The molecule has 1 aliphatic heterocycles. The number of piperidine rings is 1. The molecule has 2 N–H and O–H groups in total. The number of hydrogen-bond donors (Lipinski definition) is 2. The number of alkyl halides is 3. The minimum absolute atomic E-state index is 0.165. The van der Waals surface area contributed by atoms with Crippen LogP contribution >= 0.6 is 0 Å². The van der Waals surface area contributed by atoms with Gasteiger partial charge in [0.2, 0.25) is 0 Å². The summed E-state index contributed by atoms with van der Waals surface area (Å²) in [5.41, 5.74) is 0.491. The van der Waals surface area contributed by atoms with Gasteiger partial charge in [-0.2, -0.15) is 13.2 Å². The van der Waals surface area contributed by atoms with E-state index >= 15 is 0 Å². The molecule has 0 radical (unpaired) electrons. The van der Waals surface area contributed by atoms with Gasteiger partial charge in [0, 0.05) is 42.8 Å².